The summed E-state index contributed by atoms with van der Waals surface area (Å²) in [4.78, 5) is 11.1. The van der Waals surface area contributed by atoms with Crippen LogP contribution in [0.25, 0.3) is 0 Å². The summed E-state index contributed by atoms with van der Waals surface area (Å²) in [7, 11) is 0. The molecule has 0 saturated heterocycles. The summed E-state index contributed by atoms with van der Waals surface area (Å²) >= 11 is 0. The Morgan fingerprint density at radius 3 is 2.67 bits per heavy atom. The molecule has 0 aliphatic heterocycles. The average molecular weight is 218 g/mol. The van der Waals surface area contributed by atoms with E-state index in [1.54, 1.807) is 6.92 Å². The number of carbonyl (C=O) groups is 1. The summed E-state index contributed by atoms with van der Waals surface area (Å²) in [6, 6.07) is 3.23. The minimum atomic E-state index is -2.95. The molecule has 0 aromatic heterocycles. The van der Waals surface area contributed by atoms with Crippen LogP contribution in [0.4, 0.5) is 13.2 Å². The Morgan fingerprint density at radius 1 is 1.47 bits per heavy atom. The maximum absolute atomic E-state index is 13.3. The monoisotopic (exact) mass is 218 g/mol. The second-order valence-corrected chi connectivity index (χ2v) is 2.73. The van der Waals surface area contributed by atoms with Crippen LogP contribution in [0.5, 0.6) is 0 Å². The van der Waals surface area contributed by atoms with Crippen molar-refractivity contribution >= 4 is 5.97 Å². The summed E-state index contributed by atoms with van der Waals surface area (Å²) in [5.41, 5.74) is -1.25. The van der Waals surface area contributed by atoms with Gasteiger partial charge in [-0.25, -0.2) is 18.0 Å². The molecule has 0 N–H and O–H groups in total. The lowest BCUT2D eigenvalue weighted by Gasteiger charge is -2.06. The van der Waals surface area contributed by atoms with Crippen molar-refractivity contribution in [3.05, 3.63) is 35.1 Å². The summed E-state index contributed by atoms with van der Waals surface area (Å²) in [6.45, 7) is 1.62. The maximum Gasteiger partial charge on any atom is 0.341 e. The third kappa shape index (κ3) is 2.49. The number of benzene rings is 1. The molecule has 0 bridgehead atoms. The van der Waals surface area contributed by atoms with E-state index in [0.717, 1.165) is 12.1 Å². The fourth-order valence-electron chi connectivity index (χ4n) is 1.08. The number of alkyl halides is 2. The summed E-state index contributed by atoms with van der Waals surface area (Å²) in [6.07, 6.45) is -2.95. The predicted molar refractivity (Wildman–Crippen MR) is 47.3 cm³/mol. The van der Waals surface area contributed by atoms with Gasteiger partial charge in [-0.2, -0.15) is 0 Å². The molecule has 0 aliphatic carbocycles. The SMILES string of the molecule is CCOC(=O)c1cccc(C(F)F)c1F. The lowest BCUT2D eigenvalue weighted by molar-refractivity contribution is 0.0519. The smallest absolute Gasteiger partial charge is 0.341 e. The van der Waals surface area contributed by atoms with Gasteiger partial charge in [0, 0.05) is 0 Å². The quantitative estimate of drug-likeness (QED) is 0.729. The fraction of sp³-hybridized carbons (Fsp3) is 0.300. The van der Waals surface area contributed by atoms with Gasteiger partial charge in [-0.05, 0) is 13.0 Å². The zero-order chi connectivity index (χ0) is 11.4. The number of ether oxygens (including phenoxy) is 1. The molecular weight excluding hydrogens is 209 g/mol. The van der Waals surface area contributed by atoms with Gasteiger partial charge in [0.25, 0.3) is 6.43 Å². The van der Waals surface area contributed by atoms with E-state index in [1.165, 1.54) is 6.07 Å². The standard InChI is InChI=1S/C10H9F3O2/c1-2-15-10(14)7-5-3-4-6(8(7)11)9(12)13/h3-5,9H,2H2,1H3. The van der Waals surface area contributed by atoms with Crippen LogP contribution in [-0.4, -0.2) is 12.6 Å². The van der Waals surface area contributed by atoms with Crippen molar-refractivity contribution < 1.29 is 22.7 Å². The van der Waals surface area contributed by atoms with Crippen molar-refractivity contribution in [2.24, 2.45) is 0 Å². The Bertz CT molecular complexity index is 364. The van der Waals surface area contributed by atoms with Gasteiger partial charge in [0.15, 0.2) is 0 Å². The average Bonchev–Trinajstić information content (AvgIpc) is 2.17. The third-order valence-electron chi connectivity index (χ3n) is 1.76. The molecule has 1 aromatic carbocycles. The van der Waals surface area contributed by atoms with Gasteiger partial charge in [0.05, 0.1) is 17.7 Å². The molecule has 0 aliphatic rings. The van der Waals surface area contributed by atoms with Crippen molar-refractivity contribution in [2.45, 2.75) is 13.3 Å². The molecule has 0 saturated carbocycles. The van der Waals surface area contributed by atoms with Crippen LogP contribution in [0, 0.1) is 5.82 Å². The highest BCUT2D eigenvalue weighted by atomic mass is 19.3. The van der Waals surface area contributed by atoms with Gasteiger partial charge in [0.1, 0.15) is 5.82 Å². The summed E-state index contributed by atoms with van der Waals surface area (Å²) in [5, 5.41) is 0. The minimum absolute atomic E-state index is 0.0666. The van der Waals surface area contributed by atoms with Crippen molar-refractivity contribution in [1.82, 2.24) is 0 Å². The first kappa shape index (κ1) is 11.6. The number of esters is 1. The van der Waals surface area contributed by atoms with Crippen LogP contribution in [0.1, 0.15) is 29.3 Å². The highest BCUT2D eigenvalue weighted by Crippen LogP contribution is 2.24. The van der Waals surface area contributed by atoms with Crippen molar-refractivity contribution in [1.29, 1.82) is 0 Å². The fourth-order valence-corrected chi connectivity index (χ4v) is 1.08. The lowest BCUT2D eigenvalue weighted by atomic mass is 10.1. The van der Waals surface area contributed by atoms with Gasteiger partial charge < -0.3 is 4.74 Å². The summed E-state index contributed by atoms with van der Waals surface area (Å²) < 4.78 is 42.4. The lowest BCUT2D eigenvalue weighted by Crippen LogP contribution is -2.09. The van der Waals surface area contributed by atoms with E-state index in [9.17, 15) is 18.0 Å². The zero-order valence-electron chi connectivity index (χ0n) is 7.97. The van der Waals surface area contributed by atoms with E-state index >= 15 is 0 Å². The molecule has 1 aromatic rings. The molecule has 15 heavy (non-hydrogen) atoms. The van der Waals surface area contributed by atoms with Crippen LogP contribution in [0.15, 0.2) is 18.2 Å². The molecule has 0 heterocycles. The van der Waals surface area contributed by atoms with Crippen LogP contribution in [-0.2, 0) is 4.74 Å². The summed E-state index contributed by atoms with van der Waals surface area (Å²) in [5.74, 6) is -2.15. The molecule has 0 amide bonds. The first-order valence-corrected chi connectivity index (χ1v) is 4.31. The molecule has 1 rings (SSSR count). The van der Waals surface area contributed by atoms with Crippen LogP contribution < -0.4 is 0 Å². The Kier molecular flexibility index (Phi) is 3.71. The number of rotatable bonds is 3. The molecule has 0 spiro atoms. The maximum atomic E-state index is 13.3. The molecule has 82 valence electrons. The van der Waals surface area contributed by atoms with Gasteiger partial charge >= 0.3 is 5.97 Å². The number of carbonyl (C=O) groups excluding carboxylic acids is 1. The van der Waals surface area contributed by atoms with E-state index in [1.807, 2.05) is 0 Å². The molecule has 0 unspecified atom stereocenters. The number of hydrogen-bond acceptors (Lipinski definition) is 2. The first-order chi connectivity index (χ1) is 7.07. The molecule has 0 atom stereocenters. The zero-order valence-corrected chi connectivity index (χ0v) is 7.97. The molecule has 2 nitrogen and oxygen atoms in total. The van der Waals surface area contributed by atoms with E-state index in [-0.39, 0.29) is 6.61 Å². The highest BCUT2D eigenvalue weighted by molar-refractivity contribution is 5.89. The van der Waals surface area contributed by atoms with Crippen molar-refractivity contribution in [3.8, 4) is 0 Å². The van der Waals surface area contributed by atoms with Crippen LogP contribution >= 0.6 is 0 Å². The predicted octanol–water partition coefficient (Wildman–Crippen LogP) is 2.94. The topological polar surface area (TPSA) is 26.3 Å². The van der Waals surface area contributed by atoms with E-state index in [2.05, 4.69) is 4.74 Å². The van der Waals surface area contributed by atoms with Gasteiger partial charge in [-0.3, -0.25) is 0 Å². The molecule has 0 radical (unpaired) electrons. The van der Waals surface area contributed by atoms with Crippen LogP contribution in [0.3, 0.4) is 0 Å². The van der Waals surface area contributed by atoms with Crippen LogP contribution in [0.2, 0.25) is 0 Å². The molecule has 5 heteroatoms. The number of hydrogen-bond donors (Lipinski definition) is 0. The third-order valence-corrected chi connectivity index (χ3v) is 1.76. The van der Waals surface area contributed by atoms with Gasteiger partial charge in [-0.1, -0.05) is 12.1 Å². The van der Waals surface area contributed by atoms with Gasteiger partial charge in [0.2, 0.25) is 0 Å². The Balaban J connectivity index is 3.09. The first-order valence-electron chi connectivity index (χ1n) is 4.31. The van der Waals surface area contributed by atoms with E-state index in [0.29, 0.717) is 0 Å². The number of halogens is 3. The minimum Gasteiger partial charge on any atom is -0.462 e. The Labute approximate surface area is 84.7 Å². The van der Waals surface area contributed by atoms with Gasteiger partial charge in [-0.15, -0.1) is 0 Å². The Hall–Kier alpha value is -1.52. The van der Waals surface area contributed by atoms with Crippen molar-refractivity contribution in [3.63, 3.8) is 0 Å². The van der Waals surface area contributed by atoms with Crippen molar-refractivity contribution in [2.75, 3.05) is 6.61 Å². The second kappa shape index (κ2) is 4.82. The normalized spacial score (nSPS) is 10.5. The Morgan fingerprint density at radius 2 is 2.13 bits per heavy atom. The molecule has 0 fully saturated rings. The highest BCUT2D eigenvalue weighted by Gasteiger charge is 2.20. The molecular formula is C10H9F3O2. The van der Waals surface area contributed by atoms with E-state index < -0.39 is 29.3 Å². The largest absolute Gasteiger partial charge is 0.462 e. The van der Waals surface area contributed by atoms with E-state index in [4.69, 9.17) is 0 Å². The second-order valence-electron chi connectivity index (χ2n) is 2.73.